The number of aromatic nitrogens is 2. The maximum absolute atomic E-state index is 13.0. The SMILES string of the molecule is CN(Cc1nc2ccccc2[nH]1)C(=O)C1CSCN1C(=O)c1ccccc1. The minimum Gasteiger partial charge on any atom is -0.340 e. The summed E-state index contributed by atoms with van der Waals surface area (Å²) in [6.45, 7) is 0.377. The zero-order valence-electron chi connectivity index (χ0n) is 15.0. The van der Waals surface area contributed by atoms with Crippen LogP contribution in [0.4, 0.5) is 0 Å². The molecule has 138 valence electrons. The number of hydrogen-bond acceptors (Lipinski definition) is 4. The van der Waals surface area contributed by atoms with Crippen molar-refractivity contribution in [1.29, 1.82) is 0 Å². The second-order valence-corrected chi connectivity index (χ2v) is 7.55. The lowest BCUT2D eigenvalue weighted by Gasteiger charge is -2.27. The summed E-state index contributed by atoms with van der Waals surface area (Å²) >= 11 is 1.60. The molecule has 1 aliphatic rings. The molecular weight excluding hydrogens is 360 g/mol. The van der Waals surface area contributed by atoms with Crippen LogP contribution in [0.5, 0.6) is 0 Å². The van der Waals surface area contributed by atoms with Crippen molar-refractivity contribution in [2.75, 3.05) is 18.7 Å². The van der Waals surface area contributed by atoms with Gasteiger partial charge in [-0.25, -0.2) is 4.98 Å². The lowest BCUT2D eigenvalue weighted by molar-refractivity contribution is -0.134. The second kappa shape index (κ2) is 7.44. The van der Waals surface area contributed by atoms with Crippen molar-refractivity contribution < 1.29 is 9.59 Å². The predicted octanol–water partition coefficient (Wildman–Crippen LogP) is 2.74. The summed E-state index contributed by atoms with van der Waals surface area (Å²) in [5.74, 6) is 1.71. The number of hydrogen-bond donors (Lipinski definition) is 1. The molecule has 7 heteroatoms. The molecule has 27 heavy (non-hydrogen) atoms. The standard InChI is InChI=1S/C20H20N4O2S/c1-23(11-18-21-15-9-5-6-10-16(15)22-18)20(26)17-12-27-13-24(17)19(25)14-7-3-2-4-8-14/h2-10,17H,11-13H2,1H3,(H,21,22). The zero-order valence-corrected chi connectivity index (χ0v) is 15.8. The van der Waals surface area contributed by atoms with Crippen LogP contribution in [0.3, 0.4) is 0 Å². The van der Waals surface area contributed by atoms with Crippen molar-refractivity contribution in [2.45, 2.75) is 12.6 Å². The Balaban J connectivity index is 1.48. The van der Waals surface area contributed by atoms with Crippen LogP contribution in [0, 0.1) is 0 Å². The number of thioether (sulfide) groups is 1. The number of carbonyl (C=O) groups is 2. The molecular formula is C20H20N4O2S. The summed E-state index contributed by atoms with van der Waals surface area (Å²) < 4.78 is 0. The van der Waals surface area contributed by atoms with E-state index in [2.05, 4.69) is 9.97 Å². The fraction of sp³-hybridized carbons (Fsp3) is 0.250. The Morgan fingerprint density at radius 2 is 1.93 bits per heavy atom. The van der Waals surface area contributed by atoms with Gasteiger partial charge in [0.15, 0.2) is 0 Å². The predicted molar refractivity (Wildman–Crippen MR) is 106 cm³/mol. The number of amides is 2. The van der Waals surface area contributed by atoms with Gasteiger partial charge in [-0.2, -0.15) is 0 Å². The van der Waals surface area contributed by atoms with E-state index in [1.54, 1.807) is 40.7 Å². The van der Waals surface area contributed by atoms with Crippen molar-refractivity contribution in [3.05, 3.63) is 66.0 Å². The molecule has 1 saturated heterocycles. The van der Waals surface area contributed by atoms with Gasteiger partial charge in [-0.3, -0.25) is 9.59 Å². The smallest absolute Gasteiger partial charge is 0.255 e. The van der Waals surface area contributed by atoms with Crippen LogP contribution in [0.15, 0.2) is 54.6 Å². The first kappa shape index (κ1) is 17.6. The first-order valence-electron chi connectivity index (χ1n) is 8.76. The summed E-state index contributed by atoms with van der Waals surface area (Å²) in [5.41, 5.74) is 2.44. The highest BCUT2D eigenvalue weighted by Crippen LogP contribution is 2.25. The van der Waals surface area contributed by atoms with Gasteiger partial charge in [0, 0.05) is 18.4 Å². The first-order valence-corrected chi connectivity index (χ1v) is 9.91. The fourth-order valence-electron chi connectivity index (χ4n) is 3.23. The van der Waals surface area contributed by atoms with Gasteiger partial charge < -0.3 is 14.8 Å². The molecule has 0 radical (unpaired) electrons. The molecule has 0 saturated carbocycles. The number of nitrogens with one attached hydrogen (secondary N) is 1. The highest BCUT2D eigenvalue weighted by atomic mass is 32.2. The Morgan fingerprint density at radius 3 is 2.70 bits per heavy atom. The molecule has 3 aromatic rings. The molecule has 1 aromatic heterocycles. The quantitative estimate of drug-likeness (QED) is 0.756. The van der Waals surface area contributed by atoms with Crippen molar-refractivity contribution in [3.63, 3.8) is 0 Å². The summed E-state index contributed by atoms with van der Waals surface area (Å²) in [7, 11) is 1.75. The molecule has 4 rings (SSSR count). The Morgan fingerprint density at radius 1 is 1.19 bits per heavy atom. The van der Waals surface area contributed by atoms with Gasteiger partial charge in [0.05, 0.1) is 23.5 Å². The molecule has 2 aromatic carbocycles. The zero-order chi connectivity index (χ0) is 18.8. The van der Waals surface area contributed by atoms with Gasteiger partial charge in [0.1, 0.15) is 11.9 Å². The maximum Gasteiger partial charge on any atom is 0.255 e. The van der Waals surface area contributed by atoms with Gasteiger partial charge in [-0.1, -0.05) is 30.3 Å². The molecule has 1 fully saturated rings. The van der Waals surface area contributed by atoms with Crippen molar-refractivity contribution in [2.24, 2.45) is 0 Å². The van der Waals surface area contributed by atoms with Crippen molar-refractivity contribution in [1.82, 2.24) is 19.8 Å². The van der Waals surface area contributed by atoms with E-state index >= 15 is 0 Å². The normalized spacial score (nSPS) is 16.6. The number of fused-ring (bicyclic) bond motifs is 1. The number of para-hydroxylation sites is 2. The number of benzene rings is 2. The van der Waals surface area contributed by atoms with E-state index in [0.717, 1.165) is 16.9 Å². The minimum atomic E-state index is -0.447. The first-order chi connectivity index (χ1) is 13.1. The van der Waals surface area contributed by atoms with Gasteiger partial charge in [0.25, 0.3) is 5.91 Å². The molecule has 1 unspecified atom stereocenters. The van der Waals surface area contributed by atoms with E-state index in [1.165, 1.54) is 0 Å². The van der Waals surface area contributed by atoms with Crippen LogP contribution in [0.2, 0.25) is 0 Å². The fourth-order valence-corrected chi connectivity index (χ4v) is 4.38. The van der Waals surface area contributed by atoms with Crippen LogP contribution < -0.4 is 0 Å². The average Bonchev–Trinajstić information content (AvgIpc) is 3.34. The number of H-pyrrole nitrogens is 1. The molecule has 0 aliphatic carbocycles. The van der Waals surface area contributed by atoms with E-state index in [-0.39, 0.29) is 11.8 Å². The topological polar surface area (TPSA) is 69.3 Å². The van der Waals surface area contributed by atoms with Crippen LogP contribution >= 0.6 is 11.8 Å². The van der Waals surface area contributed by atoms with E-state index in [1.807, 2.05) is 42.5 Å². The molecule has 2 heterocycles. The van der Waals surface area contributed by atoms with Crippen LogP contribution in [-0.2, 0) is 11.3 Å². The van der Waals surface area contributed by atoms with Crippen molar-refractivity contribution in [3.8, 4) is 0 Å². The highest BCUT2D eigenvalue weighted by molar-refractivity contribution is 7.99. The van der Waals surface area contributed by atoms with Crippen LogP contribution in [0.1, 0.15) is 16.2 Å². The Bertz CT molecular complexity index is 939. The third-order valence-electron chi connectivity index (χ3n) is 4.65. The third-order valence-corrected chi connectivity index (χ3v) is 5.66. The van der Waals surface area contributed by atoms with Crippen LogP contribution in [-0.4, -0.2) is 56.3 Å². The van der Waals surface area contributed by atoms with Crippen molar-refractivity contribution >= 4 is 34.6 Å². The number of imidazole rings is 1. The molecule has 1 N–H and O–H groups in total. The molecule has 6 nitrogen and oxygen atoms in total. The Labute approximate surface area is 161 Å². The average molecular weight is 380 g/mol. The third kappa shape index (κ3) is 3.55. The number of aromatic amines is 1. The molecule has 0 spiro atoms. The monoisotopic (exact) mass is 380 g/mol. The summed E-state index contributed by atoms with van der Waals surface area (Å²) in [5, 5.41) is 0. The molecule has 2 amide bonds. The summed E-state index contributed by atoms with van der Waals surface area (Å²) in [6, 6.07) is 16.4. The second-order valence-electron chi connectivity index (χ2n) is 6.55. The van der Waals surface area contributed by atoms with E-state index < -0.39 is 6.04 Å². The largest absolute Gasteiger partial charge is 0.340 e. The lowest BCUT2D eigenvalue weighted by Crippen LogP contribution is -2.47. The maximum atomic E-state index is 13.0. The number of nitrogens with zero attached hydrogens (tertiary/aromatic N) is 3. The van der Waals surface area contributed by atoms with E-state index in [0.29, 0.717) is 23.7 Å². The van der Waals surface area contributed by atoms with Gasteiger partial charge in [-0.05, 0) is 24.3 Å². The van der Waals surface area contributed by atoms with Gasteiger partial charge in [0.2, 0.25) is 5.91 Å². The molecule has 1 aliphatic heterocycles. The number of carbonyl (C=O) groups excluding carboxylic acids is 2. The van der Waals surface area contributed by atoms with Gasteiger partial charge >= 0.3 is 0 Å². The lowest BCUT2D eigenvalue weighted by atomic mass is 10.1. The molecule has 1 atom stereocenters. The highest BCUT2D eigenvalue weighted by Gasteiger charge is 2.36. The van der Waals surface area contributed by atoms with E-state index in [4.69, 9.17) is 0 Å². The van der Waals surface area contributed by atoms with Gasteiger partial charge in [-0.15, -0.1) is 11.8 Å². The Hall–Kier alpha value is -2.80. The minimum absolute atomic E-state index is 0.0651. The summed E-state index contributed by atoms with van der Waals surface area (Å²) in [4.78, 5) is 36.8. The summed E-state index contributed by atoms with van der Waals surface area (Å²) in [6.07, 6.45) is 0. The Kier molecular flexibility index (Phi) is 4.85. The molecule has 0 bridgehead atoms. The number of likely N-dealkylation sites (N-methyl/N-ethyl adjacent to an activating group) is 1. The number of rotatable bonds is 4. The van der Waals surface area contributed by atoms with Crippen LogP contribution in [0.25, 0.3) is 11.0 Å². The van der Waals surface area contributed by atoms with E-state index in [9.17, 15) is 9.59 Å².